The zero-order valence-electron chi connectivity index (χ0n) is 15.7. The highest BCUT2D eigenvalue weighted by Crippen LogP contribution is 2.33. The third-order valence-corrected chi connectivity index (χ3v) is 5.54. The highest BCUT2D eigenvalue weighted by atomic mass is 32.2. The van der Waals surface area contributed by atoms with Crippen molar-refractivity contribution in [2.75, 3.05) is 11.9 Å². The largest absolute Gasteiger partial charge is 0.337 e. The van der Waals surface area contributed by atoms with E-state index in [1.807, 2.05) is 13.8 Å². The average Bonchev–Trinajstić information content (AvgIpc) is 2.87. The number of benzene rings is 1. The standard InChI is InChI=1S/C18H25N3O4S/c1-11(2)8-9-19-26(23,24)16-10-15(7-6-12(16)3)17-13(4)21-25-18(17)20-14(5)22/h6-7,10-11,19H,8-9H2,1-5H3,(H,20,22). The second-order valence-electron chi connectivity index (χ2n) is 6.71. The fraction of sp³-hybridized carbons (Fsp3) is 0.444. The fourth-order valence-electron chi connectivity index (χ4n) is 2.56. The van der Waals surface area contributed by atoms with Crippen LogP contribution in [0.25, 0.3) is 11.1 Å². The number of hydrogen-bond donors (Lipinski definition) is 2. The number of carbonyl (C=O) groups excluding carboxylic acids is 1. The third-order valence-electron chi connectivity index (χ3n) is 3.93. The van der Waals surface area contributed by atoms with Crippen LogP contribution >= 0.6 is 0 Å². The molecule has 0 spiro atoms. The molecule has 0 saturated carbocycles. The van der Waals surface area contributed by atoms with Crippen molar-refractivity contribution in [2.45, 2.75) is 45.9 Å². The zero-order valence-corrected chi connectivity index (χ0v) is 16.5. The SMILES string of the molecule is CC(=O)Nc1onc(C)c1-c1ccc(C)c(S(=O)(=O)NCCC(C)C)c1. The molecule has 0 fully saturated rings. The summed E-state index contributed by atoms with van der Waals surface area (Å²) in [6.45, 7) is 9.31. The van der Waals surface area contributed by atoms with E-state index >= 15 is 0 Å². The molecule has 0 unspecified atom stereocenters. The van der Waals surface area contributed by atoms with E-state index in [-0.39, 0.29) is 16.7 Å². The van der Waals surface area contributed by atoms with Gasteiger partial charge >= 0.3 is 0 Å². The molecule has 8 heteroatoms. The number of aromatic nitrogens is 1. The van der Waals surface area contributed by atoms with E-state index in [4.69, 9.17) is 4.52 Å². The minimum Gasteiger partial charge on any atom is -0.337 e. The second kappa shape index (κ2) is 8.01. The fourth-order valence-corrected chi connectivity index (χ4v) is 3.88. The van der Waals surface area contributed by atoms with E-state index in [0.29, 0.717) is 34.8 Å². The first kappa shape index (κ1) is 20.1. The average molecular weight is 379 g/mol. The van der Waals surface area contributed by atoms with Crippen molar-refractivity contribution in [1.29, 1.82) is 0 Å². The van der Waals surface area contributed by atoms with Crippen molar-refractivity contribution in [1.82, 2.24) is 9.88 Å². The monoisotopic (exact) mass is 379 g/mol. The molecule has 0 radical (unpaired) electrons. The molecule has 0 aliphatic heterocycles. The molecule has 0 bridgehead atoms. The van der Waals surface area contributed by atoms with Gasteiger partial charge in [0.2, 0.25) is 21.8 Å². The molecule has 0 aliphatic rings. The first-order valence-electron chi connectivity index (χ1n) is 8.46. The van der Waals surface area contributed by atoms with Gasteiger partial charge in [-0.05, 0) is 43.4 Å². The number of rotatable bonds is 7. The van der Waals surface area contributed by atoms with Crippen LogP contribution in [0.15, 0.2) is 27.6 Å². The van der Waals surface area contributed by atoms with Gasteiger partial charge in [0.15, 0.2) is 0 Å². The number of nitrogens with zero attached hydrogens (tertiary/aromatic N) is 1. The van der Waals surface area contributed by atoms with Crippen LogP contribution in [0.1, 0.15) is 38.4 Å². The van der Waals surface area contributed by atoms with Crippen molar-refractivity contribution < 1.29 is 17.7 Å². The van der Waals surface area contributed by atoms with Crippen molar-refractivity contribution in [3.8, 4) is 11.1 Å². The van der Waals surface area contributed by atoms with Crippen LogP contribution in [-0.4, -0.2) is 26.0 Å². The van der Waals surface area contributed by atoms with E-state index in [2.05, 4.69) is 15.2 Å². The van der Waals surface area contributed by atoms with Crippen LogP contribution in [0.3, 0.4) is 0 Å². The number of amides is 1. The van der Waals surface area contributed by atoms with Gasteiger partial charge in [0.25, 0.3) is 0 Å². The topological polar surface area (TPSA) is 101 Å². The highest BCUT2D eigenvalue weighted by Gasteiger charge is 2.21. The van der Waals surface area contributed by atoms with E-state index in [9.17, 15) is 13.2 Å². The van der Waals surface area contributed by atoms with Gasteiger partial charge in [-0.15, -0.1) is 0 Å². The summed E-state index contributed by atoms with van der Waals surface area (Å²) in [6, 6.07) is 5.10. The first-order chi connectivity index (χ1) is 12.1. The summed E-state index contributed by atoms with van der Waals surface area (Å²) >= 11 is 0. The Kier molecular flexibility index (Phi) is 6.20. The summed E-state index contributed by atoms with van der Waals surface area (Å²) in [6.07, 6.45) is 0.759. The normalized spacial score (nSPS) is 11.8. The van der Waals surface area contributed by atoms with Gasteiger partial charge in [0.05, 0.1) is 16.2 Å². The van der Waals surface area contributed by atoms with Gasteiger partial charge in [0, 0.05) is 13.5 Å². The summed E-state index contributed by atoms with van der Waals surface area (Å²) in [5.74, 6) is 0.317. The predicted octanol–water partition coefficient (Wildman–Crippen LogP) is 3.24. The Balaban J connectivity index is 2.42. The van der Waals surface area contributed by atoms with E-state index < -0.39 is 10.0 Å². The van der Waals surface area contributed by atoms with Crippen LogP contribution in [0.2, 0.25) is 0 Å². The molecule has 1 amide bonds. The van der Waals surface area contributed by atoms with E-state index in [0.717, 1.165) is 6.42 Å². The number of carbonyl (C=O) groups is 1. The number of nitrogens with one attached hydrogen (secondary N) is 2. The summed E-state index contributed by atoms with van der Waals surface area (Å²) < 4.78 is 33.2. The minimum atomic E-state index is -3.64. The van der Waals surface area contributed by atoms with Crippen LogP contribution in [-0.2, 0) is 14.8 Å². The summed E-state index contributed by atoms with van der Waals surface area (Å²) in [4.78, 5) is 11.6. The van der Waals surface area contributed by atoms with Gasteiger partial charge < -0.3 is 4.52 Å². The minimum absolute atomic E-state index is 0.202. The Morgan fingerprint density at radius 1 is 1.27 bits per heavy atom. The number of sulfonamides is 1. The van der Waals surface area contributed by atoms with Gasteiger partial charge in [0.1, 0.15) is 0 Å². The Hall–Kier alpha value is -2.19. The Bertz CT molecular complexity index is 901. The molecular formula is C18H25N3O4S. The lowest BCUT2D eigenvalue weighted by atomic mass is 10.0. The smallest absolute Gasteiger partial charge is 0.240 e. The maximum atomic E-state index is 12.7. The summed E-state index contributed by atoms with van der Waals surface area (Å²) in [5.41, 5.74) is 2.39. The Labute approximate surface area is 154 Å². The summed E-state index contributed by atoms with van der Waals surface area (Å²) in [7, 11) is -3.64. The molecule has 7 nitrogen and oxygen atoms in total. The molecular weight excluding hydrogens is 354 g/mol. The van der Waals surface area contributed by atoms with Gasteiger partial charge in [-0.2, -0.15) is 0 Å². The van der Waals surface area contributed by atoms with Crippen LogP contribution in [0, 0.1) is 19.8 Å². The third kappa shape index (κ3) is 4.70. The maximum Gasteiger partial charge on any atom is 0.240 e. The van der Waals surface area contributed by atoms with Gasteiger partial charge in [-0.1, -0.05) is 31.1 Å². The van der Waals surface area contributed by atoms with E-state index in [1.54, 1.807) is 32.0 Å². The van der Waals surface area contributed by atoms with E-state index in [1.165, 1.54) is 6.92 Å². The quantitative estimate of drug-likeness (QED) is 0.769. The molecule has 26 heavy (non-hydrogen) atoms. The Morgan fingerprint density at radius 2 is 1.96 bits per heavy atom. The molecule has 0 saturated heterocycles. The van der Waals surface area contributed by atoms with Gasteiger partial charge in [-0.3, -0.25) is 10.1 Å². The molecule has 0 atom stereocenters. The van der Waals surface area contributed by atoms with Crippen LogP contribution in [0.4, 0.5) is 5.88 Å². The lowest BCUT2D eigenvalue weighted by molar-refractivity contribution is -0.114. The lowest BCUT2D eigenvalue weighted by Gasteiger charge is -2.12. The zero-order chi connectivity index (χ0) is 19.5. The lowest BCUT2D eigenvalue weighted by Crippen LogP contribution is -2.26. The summed E-state index contributed by atoms with van der Waals surface area (Å²) in [5, 5.41) is 6.45. The van der Waals surface area contributed by atoms with Gasteiger partial charge in [-0.25, -0.2) is 13.1 Å². The van der Waals surface area contributed by atoms with Crippen molar-refractivity contribution in [2.24, 2.45) is 5.92 Å². The highest BCUT2D eigenvalue weighted by molar-refractivity contribution is 7.89. The van der Waals surface area contributed by atoms with Crippen LogP contribution < -0.4 is 10.0 Å². The van der Waals surface area contributed by atoms with Crippen LogP contribution in [0.5, 0.6) is 0 Å². The molecule has 1 heterocycles. The molecule has 1 aromatic heterocycles. The number of hydrogen-bond acceptors (Lipinski definition) is 5. The molecule has 2 N–H and O–H groups in total. The van der Waals surface area contributed by atoms with Crippen molar-refractivity contribution in [3.05, 3.63) is 29.5 Å². The second-order valence-corrected chi connectivity index (χ2v) is 8.45. The Morgan fingerprint density at radius 3 is 2.58 bits per heavy atom. The maximum absolute atomic E-state index is 12.7. The molecule has 2 rings (SSSR count). The number of aryl methyl sites for hydroxylation is 2. The molecule has 142 valence electrons. The van der Waals surface area contributed by atoms with Crippen molar-refractivity contribution in [3.63, 3.8) is 0 Å². The first-order valence-corrected chi connectivity index (χ1v) is 9.94. The molecule has 1 aromatic carbocycles. The number of anilines is 1. The molecule has 0 aliphatic carbocycles. The molecule has 2 aromatic rings. The predicted molar refractivity (Wildman–Crippen MR) is 100 cm³/mol. The van der Waals surface area contributed by atoms with Crippen molar-refractivity contribution >= 4 is 21.8 Å².